The van der Waals surface area contributed by atoms with Crippen LogP contribution < -0.4 is 10.6 Å². The topological polar surface area (TPSA) is 50.4 Å². The fraction of sp³-hybridized carbons (Fsp3) is 0.917. The van der Waals surface area contributed by atoms with E-state index in [9.17, 15) is 4.79 Å². The van der Waals surface area contributed by atoms with Gasteiger partial charge >= 0.3 is 0 Å². The first kappa shape index (κ1) is 13.5. The summed E-state index contributed by atoms with van der Waals surface area (Å²) in [5.74, 6) is 0.136. The molecule has 0 aromatic heterocycles. The summed E-state index contributed by atoms with van der Waals surface area (Å²) < 4.78 is 4.92. The SMILES string of the molecule is COCCCC(=O)NC(C)C1CCCCN1. The number of nitrogens with one attached hydrogen (secondary N) is 2. The Hall–Kier alpha value is -0.610. The summed E-state index contributed by atoms with van der Waals surface area (Å²) in [6.45, 7) is 3.81. The van der Waals surface area contributed by atoms with Crippen molar-refractivity contribution >= 4 is 5.91 Å². The van der Waals surface area contributed by atoms with Crippen LogP contribution >= 0.6 is 0 Å². The summed E-state index contributed by atoms with van der Waals surface area (Å²) >= 11 is 0. The molecule has 94 valence electrons. The van der Waals surface area contributed by atoms with Gasteiger partial charge in [-0.15, -0.1) is 0 Å². The highest BCUT2D eigenvalue weighted by Gasteiger charge is 2.20. The van der Waals surface area contributed by atoms with Gasteiger partial charge in [0.25, 0.3) is 0 Å². The maximum absolute atomic E-state index is 11.6. The Bertz CT molecular complexity index is 203. The molecule has 0 radical (unpaired) electrons. The van der Waals surface area contributed by atoms with E-state index >= 15 is 0 Å². The van der Waals surface area contributed by atoms with Crippen molar-refractivity contribution < 1.29 is 9.53 Å². The average Bonchev–Trinajstić information content (AvgIpc) is 2.30. The van der Waals surface area contributed by atoms with E-state index in [2.05, 4.69) is 17.6 Å². The van der Waals surface area contributed by atoms with Gasteiger partial charge in [0.05, 0.1) is 0 Å². The van der Waals surface area contributed by atoms with Gasteiger partial charge in [-0.05, 0) is 32.7 Å². The van der Waals surface area contributed by atoms with E-state index in [1.54, 1.807) is 7.11 Å². The van der Waals surface area contributed by atoms with Gasteiger partial charge in [0, 0.05) is 32.2 Å². The van der Waals surface area contributed by atoms with Gasteiger partial charge in [-0.25, -0.2) is 0 Å². The molecule has 4 heteroatoms. The number of hydrogen-bond donors (Lipinski definition) is 2. The first-order valence-corrected chi connectivity index (χ1v) is 6.25. The van der Waals surface area contributed by atoms with Crippen LogP contribution in [-0.4, -0.2) is 38.3 Å². The molecule has 4 nitrogen and oxygen atoms in total. The maximum Gasteiger partial charge on any atom is 0.220 e. The van der Waals surface area contributed by atoms with Gasteiger partial charge in [0.15, 0.2) is 0 Å². The summed E-state index contributed by atoms with van der Waals surface area (Å²) in [7, 11) is 1.66. The summed E-state index contributed by atoms with van der Waals surface area (Å²) in [6, 6.07) is 0.676. The van der Waals surface area contributed by atoms with Crippen molar-refractivity contribution in [1.82, 2.24) is 10.6 Å². The Labute approximate surface area is 98.1 Å². The van der Waals surface area contributed by atoms with Gasteiger partial charge in [0.1, 0.15) is 0 Å². The molecule has 0 aliphatic carbocycles. The molecule has 16 heavy (non-hydrogen) atoms. The molecule has 1 amide bonds. The van der Waals surface area contributed by atoms with Crippen LogP contribution in [0.25, 0.3) is 0 Å². The molecule has 1 rings (SSSR count). The number of methoxy groups -OCH3 is 1. The monoisotopic (exact) mass is 228 g/mol. The van der Waals surface area contributed by atoms with E-state index < -0.39 is 0 Å². The molecule has 0 spiro atoms. The minimum atomic E-state index is 0.136. The van der Waals surface area contributed by atoms with Crippen molar-refractivity contribution in [2.75, 3.05) is 20.3 Å². The third-order valence-corrected chi connectivity index (χ3v) is 3.09. The zero-order valence-corrected chi connectivity index (χ0v) is 10.4. The number of hydrogen-bond acceptors (Lipinski definition) is 3. The second kappa shape index (κ2) is 7.63. The Morgan fingerprint density at radius 1 is 1.56 bits per heavy atom. The van der Waals surface area contributed by atoms with Crippen molar-refractivity contribution in [1.29, 1.82) is 0 Å². The quantitative estimate of drug-likeness (QED) is 0.668. The van der Waals surface area contributed by atoms with Crippen molar-refractivity contribution in [2.45, 2.75) is 51.1 Å². The number of carbonyl (C=O) groups is 1. The minimum absolute atomic E-state index is 0.136. The smallest absolute Gasteiger partial charge is 0.220 e. The molecule has 0 aromatic rings. The van der Waals surface area contributed by atoms with Crippen LogP contribution in [0.3, 0.4) is 0 Å². The number of carbonyl (C=O) groups excluding carboxylic acids is 1. The zero-order chi connectivity index (χ0) is 11.8. The number of amides is 1. The highest BCUT2D eigenvalue weighted by atomic mass is 16.5. The van der Waals surface area contributed by atoms with Crippen molar-refractivity contribution in [3.63, 3.8) is 0 Å². The van der Waals surface area contributed by atoms with Gasteiger partial charge in [0.2, 0.25) is 5.91 Å². The third-order valence-electron chi connectivity index (χ3n) is 3.09. The fourth-order valence-electron chi connectivity index (χ4n) is 2.11. The molecule has 0 bridgehead atoms. The Morgan fingerprint density at radius 2 is 2.38 bits per heavy atom. The molecule has 0 saturated carbocycles. The minimum Gasteiger partial charge on any atom is -0.385 e. The van der Waals surface area contributed by atoms with Gasteiger partial charge in [-0.1, -0.05) is 6.42 Å². The van der Waals surface area contributed by atoms with Crippen molar-refractivity contribution in [3.05, 3.63) is 0 Å². The lowest BCUT2D eigenvalue weighted by Crippen LogP contribution is -2.50. The van der Waals surface area contributed by atoms with E-state index in [0.717, 1.165) is 13.0 Å². The highest BCUT2D eigenvalue weighted by molar-refractivity contribution is 5.76. The molecule has 2 atom stereocenters. The lowest BCUT2D eigenvalue weighted by Gasteiger charge is -2.29. The molecule has 2 unspecified atom stereocenters. The molecule has 1 heterocycles. The van der Waals surface area contributed by atoms with Crippen LogP contribution in [0.1, 0.15) is 39.0 Å². The van der Waals surface area contributed by atoms with Crippen molar-refractivity contribution in [2.24, 2.45) is 0 Å². The molecule has 1 saturated heterocycles. The Balaban J connectivity index is 2.16. The van der Waals surface area contributed by atoms with Crippen LogP contribution in [-0.2, 0) is 9.53 Å². The molecule has 0 aromatic carbocycles. The van der Waals surface area contributed by atoms with Gasteiger partial charge in [-0.3, -0.25) is 4.79 Å². The molecular formula is C12H24N2O2. The number of rotatable bonds is 6. The zero-order valence-electron chi connectivity index (χ0n) is 10.4. The van der Waals surface area contributed by atoms with E-state index in [-0.39, 0.29) is 11.9 Å². The maximum atomic E-state index is 11.6. The molecule has 1 aliphatic heterocycles. The second-order valence-corrected chi connectivity index (χ2v) is 4.51. The van der Waals surface area contributed by atoms with E-state index in [4.69, 9.17) is 4.74 Å². The molecule has 1 aliphatic rings. The van der Waals surface area contributed by atoms with E-state index in [1.165, 1.54) is 19.3 Å². The highest BCUT2D eigenvalue weighted by Crippen LogP contribution is 2.10. The average molecular weight is 228 g/mol. The predicted molar refractivity (Wildman–Crippen MR) is 64.4 cm³/mol. The molecule has 2 N–H and O–H groups in total. The molecule has 1 fully saturated rings. The normalized spacial score (nSPS) is 22.8. The van der Waals surface area contributed by atoms with E-state index in [0.29, 0.717) is 19.1 Å². The third kappa shape index (κ3) is 4.94. The molecular weight excluding hydrogens is 204 g/mol. The lowest BCUT2D eigenvalue weighted by atomic mass is 9.99. The summed E-state index contributed by atoms with van der Waals surface area (Å²) in [4.78, 5) is 11.6. The number of piperidine rings is 1. The largest absolute Gasteiger partial charge is 0.385 e. The van der Waals surface area contributed by atoms with E-state index in [1.807, 2.05) is 0 Å². The van der Waals surface area contributed by atoms with Crippen LogP contribution in [0.4, 0.5) is 0 Å². The van der Waals surface area contributed by atoms with Gasteiger partial charge in [-0.2, -0.15) is 0 Å². The standard InChI is InChI=1S/C12H24N2O2/c1-10(11-6-3-4-8-13-11)14-12(15)7-5-9-16-2/h10-11,13H,3-9H2,1-2H3,(H,14,15). The van der Waals surface area contributed by atoms with Crippen molar-refractivity contribution in [3.8, 4) is 0 Å². The second-order valence-electron chi connectivity index (χ2n) is 4.51. The summed E-state index contributed by atoms with van der Waals surface area (Å²) in [5, 5.41) is 6.50. The predicted octanol–water partition coefficient (Wildman–Crippen LogP) is 1.06. The Kier molecular flexibility index (Phi) is 6.42. The van der Waals surface area contributed by atoms with Gasteiger partial charge < -0.3 is 15.4 Å². The first-order chi connectivity index (χ1) is 7.74. The lowest BCUT2D eigenvalue weighted by molar-refractivity contribution is -0.122. The Morgan fingerprint density at radius 3 is 3.00 bits per heavy atom. The van der Waals surface area contributed by atoms with Crippen LogP contribution in [0.5, 0.6) is 0 Å². The van der Waals surface area contributed by atoms with Crippen LogP contribution in [0, 0.1) is 0 Å². The summed E-state index contributed by atoms with van der Waals surface area (Å²) in [6.07, 6.45) is 5.05. The summed E-state index contributed by atoms with van der Waals surface area (Å²) in [5.41, 5.74) is 0. The van der Waals surface area contributed by atoms with Crippen LogP contribution in [0.2, 0.25) is 0 Å². The van der Waals surface area contributed by atoms with Crippen LogP contribution in [0.15, 0.2) is 0 Å². The first-order valence-electron chi connectivity index (χ1n) is 6.25. The number of ether oxygens (including phenoxy) is 1. The fourth-order valence-corrected chi connectivity index (χ4v) is 2.11.